The molecule has 1 aromatic heterocycles. The molecule has 0 amide bonds. The molecule has 0 radical (unpaired) electrons. The van der Waals surface area contributed by atoms with E-state index in [0.717, 1.165) is 22.2 Å². The van der Waals surface area contributed by atoms with Gasteiger partial charge in [-0.2, -0.15) is 9.64 Å². The first kappa shape index (κ1) is 9.47. The van der Waals surface area contributed by atoms with Crippen molar-refractivity contribution in [3.63, 3.8) is 0 Å². The van der Waals surface area contributed by atoms with Gasteiger partial charge in [-0.1, -0.05) is 13.3 Å². The minimum absolute atomic E-state index is 0.576. The fraction of sp³-hybridized carbons (Fsp3) is 0.600. The molecule has 1 fully saturated rings. The predicted octanol–water partition coefficient (Wildman–Crippen LogP) is 2.53. The summed E-state index contributed by atoms with van der Waals surface area (Å²) in [6, 6.07) is 2.77. The van der Waals surface area contributed by atoms with Crippen molar-refractivity contribution in [3.05, 3.63) is 11.3 Å². The summed E-state index contributed by atoms with van der Waals surface area (Å²) in [5.41, 5.74) is 1.56. The van der Waals surface area contributed by atoms with Crippen LogP contribution in [0.5, 0.6) is 0 Å². The van der Waals surface area contributed by atoms with Gasteiger partial charge in [0.2, 0.25) is 0 Å². The standard InChI is InChI=1S/C10H13N3S/c1-3-7-4-9(7)12-10-8(5-11)6(2)13-14-10/h7,9,12H,3-4H2,1-2H3. The first-order chi connectivity index (χ1) is 6.76. The van der Waals surface area contributed by atoms with Gasteiger partial charge in [0.1, 0.15) is 16.6 Å². The SMILES string of the molecule is CCC1CC1Nc1snc(C)c1C#N. The zero-order valence-corrected chi connectivity index (χ0v) is 9.19. The fourth-order valence-electron chi connectivity index (χ4n) is 1.64. The summed E-state index contributed by atoms with van der Waals surface area (Å²) in [5, 5.41) is 13.3. The average molecular weight is 207 g/mol. The van der Waals surface area contributed by atoms with Crippen LogP contribution in [0.25, 0.3) is 0 Å². The highest BCUT2D eigenvalue weighted by molar-refractivity contribution is 7.10. The Balaban J connectivity index is 2.07. The van der Waals surface area contributed by atoms with E-state index in [1.54, 1.807) is 0 Å². The first-order valence-electron chi connectivity index (χ1n) is 4.89. The number of nitrogens with one attached hydrogen (secondary N) is 1. The second-order valence-corrected chi connectivity index (χ2v) is 4.51. The van der Waals surface area contributed by atoms with Crippen LogP contribution < -0.4 is 5.32 Å². The second kappa shape index (κ2) is 3.58. The van der Waals surface area contributed by atoms with Gasteiger partial charge in [0, 0.05) is 6.04 Å². The molecule has 3 nitrogen and oxygen atoms in total. The maximum Gasteiger partial charge on any atom is 0.127 e. The van der Waals surface area contributed by atoms with Crippen molar-refractivity contribution in [2.45, 2.75) is 32.7 Å². The summed E-state index contributed by atoms with van der Waals surface area (Å²) < 4.78 is 4.18. The minimum Gasteiger partial charge on any atom is -0.372 e. The molecule has 1 saturated carbocycles. The van der Waals surface area contributed by atoms with E-state index in [1.807, 2.05) is 6.92 Å². The van der Waals surface area contributed by atoms with Crippen LogP contribution in [0.1, 0.15) is 31.0 Å². The monoisotopic (exact) mass is 207 g/mol. The molecule has 1 aliphatic carbocycles. The minimum atomic E-state index is 0.576. The van der Waals surface area contributed by atoms with Crippen LogP contribution in [0.3, 0.4) is 0 Å². The molecule has 1 N–H and O–H groups in total. The van der Waals surface area contributed by atoms with Crippen molar-refractivity contribution < 1.29 is 0 Å². The zero-order valence-electron chi connectivity index (χ0n) is 8.37. The van der Waals surface area contributed by atoms with Gasteiger partial charge in [-0.25, -0.2) is 0 Å². The molecule has 1 aliphatic rings. The van der Waals surface area contributed by atoms with Crippen molar-refractivity contribution in [1.82, 2.24) is 4.37 Å². The molecule has 1 heterocycles. The number of rotatable bonds is 3. The van der Waals surface area contributed by atoms with E-state index in [0.29, 0.717) is 6.04 Å². The van der Waals surface area contributed by atoms with Crippen molar-refractivity contribution in [2.24, 2.45) is 5.92 Å². The summed E-state index contributed by atoms with van der Waals surface area (Å²) in [4.78, 5) is 0. The highest BCUT2D eigenvalue weighted by Crippen LogP contribution is 2.38. The maximum atomic E-state index is 8.92. The van der Waals surface area contributed by atoms with Crippen LogP contribution in [0.2, 0.25) is 0 Å². The Labute approximate surface area is 87.9 Å². The Kier molecular flexibility index (Phi) is 2.42. The third-order valence-electron chi connectivity index (χ3n) is 2.74. The molecule has 4 heteroatoms. The van der Waals surface area contributed by atoms with Gasteiger partial charge >= 0.3 is 0 Å². The third-order valence-corrected chi connectivity index (χ3v) is 3.61. The number of aryl methyl sites for hydroxylation is 1. The van der Waals surface area contributed by atoms with Gasteiger partial charge in [0.15, 0.2) is 0 Å². The molecule has 14 heavy (non-hydrogen) atoms. The summed E-state index contributed by atoms with van der Waals surface area (Å²) in [5.74, 6) is 0.795. The molecule has 2 atom stereocenters. The molecular formula is C10H13N3S. The van der Waals surface area contributed by atoms with E-state index in [-0.39, 0.29) is 0 Å². The summed E-state index contributed by atoms with van der Waals surface area (Å²) >= 11 is 1.40. The number of aromatic nitrogens is 1. The van der Waals surface area contributed by atoms with Crippen LogP contribution in [-0.4, -0.2) is 10.4 Å². The van der Waals surface area contributed by atoms with Crippen molar-refractivity contribution >= 4 is 16.5 Å². The highest BCUT2D eigenvalue weighted by Gasteiger charge is 2.36. The predicted molar refractivity (Wildman–Crippen MR) is 57.4 cm³/mol. The van der Waals surface area contributed by atoms with Gasteiger partial charge in [-0.3, -0.25) is 0 Å². The zero-order chi connectivity index (χ0) is 10.1. The molecular weight excluding hydrogens is 194 g/mol. The number of nitrogens with zero attached hydrogens (tertiary/aromatic N) is 2. The van der Waals surface area contributed by atoms with E-state index in [2.05, 4.69) is 22.7 Å². The summed E-state index contributed by atoms with van der Waals surface area (Å²) in [6.45, 7) is 4.08. The first-order valence-corrected chi connectivity index (χ1v) is 5.66. The number of hydrogen-bond acceptors (Lipinski definition) is 4. The fourth-order valence-corrected chi connectivity index (χ4v) is 2.45. The lowest BCUT2D eigenvalue weighted by atomic mass is 10.2. The van der Waals surface area contributed by atoms with Crippen molar-refractivity contribution in [1.29, 1.82) is 5.26 Å². The molecule has 0 saturated heterocycles. The van der Waals surface area contributed by atoms with Crippen LogP contribution in [0.15, 0.2) is 0 Å². The molecule has 2 unspecified atom stereocenters. The lowest BCUT2D eigenvalue weighted by molar-refractivity contribution is 0.775. The highest BCUT2D eigenvalue weighted by atomic mass is 32.1. The quantitative estimate of drug-likeness (QED) is 0.828. The molecule has 0 bridgehead atoms. The van der Waals surface area contributed by atoms with Gasteiger partial charge in [0.25, 0.3) is 0 Å². The number of nitriles is 1. The Hall–Kier alpha value is -1.08. The third kappa shape index (κ3) is 1.60. The van der Waals surface area contributed by atoms with Gasteiger partial charge < -0.3 is 5.32 Å². The van der Waals surface area contributed by atoms with Gasteiger partial charge in [-0.05, 0) is 30.8 Å². The Bertz CT molecular complexity index is 377. The molecule has 0 aliphatic heterocycles. The van der Waals surface area contributed by atoms with Crippen LogP contribution in [0.4, 0.5) is 5.00 Å². The van der Waals surface area contributed by atoms with E-state index in [1.165, 1.54) is 24.4 Å². The number of hydrogen-bond donors (Lipinski definition) is 1. The lowest BCUT2D eigenvalue weighted by Crippen LogP contribution is -2.03. The van der Waals surface area contributed by atoms with E-state index in [9.17, 15) is 0 Å². The molecule has 74 valence electrons. The van der Waals surface area contributed by atoms with E-state index >= 15 is 0 Å². The molecule has 2 rings (SSSR count). The Morgan fingerprint density at radius 2 is 2.50 bits per heavy atom. The average Bonchev–Trinajstić information content (AvgIpc) is 2.84. The molecule has 0 spiro atoms. The number of anilines is 1. The molecule has 1 aromatic rings. The lowest BCUT2D eigenvalue weighted by Gasteiger charge is -2.00. The van der Waals surface area contributed by atoms with E-state index < -0.39 is 0 Å². The summed E-state index contributed by atoms with van der Waals surface area (Å²) in [7, 11) is 0. The van der Waals surface area contributed by atoms with Crippen LogP contribution >= 0.6 is 11.5 Å². The second-order valence-electron chi connectivity index (χ2n) is 3.74. The normalized spacial score (nSPS) is 24.4. The summed E-state index contributed by atoms with van der Waals surface area (Å²) in [6.07, 6.45) is 2.45. The maximum absolute atomic E-state index is 8.92. The van der Waals surface area contributed by atoms with Crippen LogP contribution in [-0.2, 0) is 0 Å². The Morgan fingerprint density at radius 3 is 3.07 bits per heavy atom. The largest absolute Gasteiger partial charge is 0.372 e. The molecule has 0 aromatic carbocycles. The van der Waals surface area contributed by atoms with Gasteiger partial charge in [0.05, 0.1) is 5.69 Å². The van der Waals surface area contributed by atoms with Crippen molar-refractivity contribution in [3.8, 4) is 6.07 Å². The Morgan fingerprint density at radius 1 is 1.71 bits per heavy atom. The van der Waals surface area contributed by atoms with Crippen molar-refractivity contribution in [2.75, 3.05) is 5.32 Å². The topological polar surface area (TPSA) is 48.7 Å². The smallest absolute Gasteiger partial charge is 0.127 e. The van der Waals surface area contributed by atoms with E-state index in [4.69, 9.17) is 5.26 Å². The van der Waals surface area contributed by atoms with Crippen LogP contribution in [0, 0.1) is 24.2 Å². The van der Waals surface area contributed by atoms with Gasteiger partial charge in [-0.15, -0.1) is 0 Å².